The molecule has 0 radical (unpaired) electrons. The fraction of sp³-hybridized carbons (Fsp3) is 0.318. The molecule has 7 nitrogen and oxygen atoms in total. The maximum Gasteiger partial charge on any atom is 0.270 e. The molecular formula is C22H25N3O4. The molecule has 0 aliphatic carbocycles. The van der Waals surface area contributed by atoms with Crippen LogP contribution in [0.2, 0.25) is 0 Å². The van der Waals surface area contributed by atoms with Crippen LogP contribution in [0, 0.1) is 0 Å². The van der Waals surface area contributed by atoms with E-state index in [2.05, 4.69) is 10.3 Å². The van der Waals surface area contributed by atoms with Crippen LogP contribution in [-0.4, -0.2) is 49.0 Å². The van der Waals surface area contributed by atoms with E-state index in [-0.39, 0.29) is 11.6 Å². The molecule has 1 aromatic heterocycles. The molecule has 0 unspecified atom stereocenters. The number of aromatic nitrogens is 1. The maximum absolute atomic E-state index is 13.1. The molecule has 1 aromatic carbocycles. The molecule has 7 heteroatoms. The van der Waals surface area contributed by atoms with Gasteiger partial charge in [-0.1, -0.05) is 6.07 Å². The second-order valence-electron chi connectivity index (χ2n) is 6.72. The Morgan fingerprint density at radius 3 is 2.48 bits per heavy atom. The number of nitrogens with one attached hydrogen (secondary N) is 1. The van der Waals surface area contributed by atoms with Crippen molar-refractivity contribution in [2.24, 2.45) is 0 Å². The van der Waals surface area contributed by atoms with Crippen LogP contribution in [0.5, 0.6) is 11.5 Å². The van der Waals surface area contributed by atoms with Crippen LogP contribution < -0.4 is 14.8 Å². The molecule has 0 spiro atoms. The predicted molar refractivity (Wildman–Crippen MR) is 110 cm³/mol. The van der Waals surface area contributed by atoms with E-state index in [0.29, 0.717) is 30.2 Å². The lowest BCUT2D eigenvalue weighted by Crippen LogP contribution is -2.41. The van der Waals surface area contributed by atoms with Crippen molar-refractivity contribution in [3.8, 4) is 11.5 Å². The fourth-order valence-electron chi connectivity index (χ4n) is 3.22. The SMILES string of the molecule is COc1ccc(C(=O)NC(=Cc2cccnc2)C(=O)N2CCCCC2)cc1OC. The Morgan fingerprint density at radius 2 is 1.83 bits per heavy atom. The smallest absolute Gasteiger partial charge is 0.270 e. The fourth-order valence-corrected chi connectivity index (χ4v) is 3.22. The number of pyridine rings is 1. The second kappa shape index (κ2) is 9.73. The van der Waals surface area contributed by atoms with Gasteiger partial charge in [0.25, 0.3) is 11.8 Å². The number of piperidine rings is 1. The van der Waals surface area contributed by atoms with Gasteiger partial charge >= 0.3 is 0 Å². The molecule has 1 aliphatic rings. The second-order valence-corrected chi connectivity index (χ2v) is 6.72. The van der Waals surface area contributed by atoms with Gasteiger partial charge in [-0.3, -0.25) is 14.6 Å². The van der Waals surface area contributed by atoms with Crippen molar-refractivity contribution in [3.05, 3.63) is 59.5 Å². The van der Waals surface area contributed by atoms with Gasteiger partial charge in [0.2, 0.25) is 0 Å². The number of methoxy groups -OCH3 is 2. The third-order valence-electron chi connectivity index (χ3n) is 4.76. The van der Waals surface area contributed by atoms with E-state index in [1.165, 1.54) is 14.2 Å². The summed E-state index contributed by atoms with van der Waals surface area (Å²) in [5.41, 5.74) is 1.33. The van der Waals surface area contributed by atoms with Crippen molar-refractivity contribution in [2.75, 3.05) is 27.3 Å². The first-order valence-corrected chi connectivity index (χ1v) is 9.56. The first-order chi connectivity index (χ1) is 14.1. The van der Waals surface area contributed by atoms with Gasteiger partial charge < -0.3 is 19.7 Å². The Labute approximate surface area is 170 Å². The summed E-state index contributed by atoms with van der Waals surface area (Å²) in [7, 11) is 3.04. The van der Waals surface area contributed by atoms with Crippen molar-refractivity contribution in [1.82, 2.24) is 15.2 Å². The van der Waals surface area contributed by atoms with Crippen LogP contribution in [0.4, 0.5) is 0 Å². The van der Waals surface area contributed by atoms with Crippen molar-refractivity contribution < 1.29 is 19.1 Å². The van der Waals surface area contributed by atoms with Gasteiger partial charge in [0, 0.05) is 31.0 Å². The van der Waals surface area contributed by atoms with Gasteiger partial charge in [0.15, 0.2) is 11.5 Å². The number of carbonyl (C=O) groups is 2. The zero-order chi connectivity index (χ0) is 20.6. The van der Waals surface area contributed by atoms with Gasteiger partial charge in [-0.05, 0) is 55.2 Å². The summed E-state index contributed by atoms with van der Waals surface area (Å²) in [6.45, 7) is 1.38. The molecule has 0 bridgehead atoms. The lowest BCUT2D eigenvalue weighted by Gasteiger charge is -2.27. The average molecular weight is 395 g/mol. The summed E-state index contributed by atoms with van der Waals surface area (Å²) in [6, 6.07) is 8.49. The van der Waals surface area contributed by atoms with Gasteiger partial charge in [0.1, 0.15) is 5.70 Å². The van der Waals surface area contributed by atoms with Crippen LogP contribution in [0.3, 0.4) is 0 Å². The largest absolute Gasteiger partial charge is 0.493 e. The molecule has 2 aromatic rings. The minimum Gasteiger partial charge on any atom is -0.493 e. The Balaban J connectivity index is 1.87. The van der Waals surface area contributed by atoms with Gasteiger partial charge in [-0.25, -0.2) is 0 Å². The number of benzene rings is 1. The predicted octanol–water partition coefficient (Wildman–Crippen LogP) is 2.88. The Kier molecular flexibility index (Phi) is 6.84. The van der Waals surface area contributed by atoms with Crippen molar-refractivity contribution in [3.63, 3.8) is 0 Å². The Bertz CT molecular complexity index is 890. The summed E-state index contributed by atoms with van der Waals surface area (Å²) in [4.78, 5) is 31.8. The molecule has 29 heavy (non-hydrogen) atoms. The topological polar surface area (TPSA) is 80.8 Å². The third-order valence-corrected chi connectivity index (χ3v) is 4.76. The minimum absolute atomic E-state index is 0.192. The zero-order valence-corrected chi connectivity index (χ0v) is 16.7. The highest BCUT2D eigenvalue weighted by Crippen LogP contribution is 2.27. The zero-order valence-electron chi connectivity index (χ0n) is 16.7. The Morgan fingerprint density at radius 1 is 1.07 bits per heavy atom. The van der Waals surface area contributed by atoms with E-state index in [4.69, 9.17) is 9.47 Å². The van der Waals surface area contributed by atoms with E-state index in [9.17, 15) is 9.59 Å². The van der Waals surface area contributed by atoms with Crippen molar-refractivity contribution >= 4 is 17.9 Å². The number of nitrogens with zero attached hydrogens (tertiary/aromatic N) is 2. The summed E-state index contributed by atoms with van der Waals surface area (Å²) in [6.07, 6.45) is 8.01. The van der Waals surface area contributed by atoms with E-state index < -0.39 is 5.91 Å². The lowest BCUT2D eigenvalue weighted by molar-refractivity contribution is -0.128. The highest BCUT2D eigenvalue weighted by atomic mass is 16.5. The standard InChI is InChI=1S/C22H25N3O4/c1-28-19-9-8-17(14-20(19)29-2)21(26)24-18(13-16-7-6-10-23-15-16)22(27)25-11-4-3-5-12-25/h6-10,13-15H,3-5,11-12H2,1-2H3,(H,24,26). The Hall–Kier alpha value is -3.35. The summed E-state index contributed by atoms with van der Waals surface area (Å²) >= 11 is 0. The normalized spacial score (nSPS) is 14.3. The van der Waals surface area contributed by atoms with Gasteiger partial charge in [0.05, 0.1) is 14.2 Å². The number of ether oxygens (including phenoxy) is 2. The number of carbonyl (C=O) groups excluding carboxylic acids is 2. The lowest BCUT2D eigenvalue weighted by atomic mass is 10.1. The van der Waals surface area contributed by atoms with Crippen LogP contribution >= 0.6 is 0 Å². The number of amides is 2. The first kappa shape index (κ1) is 20.4. The van der Waals surface area contributed by atoms with E-state index in [1.807, 2.05) is 6.07 Å². The van der Waals surface area contributed by atoms with Crippen LogP contribution in [0.1, 0.15) is 35.2 Å². The number of hydrogen-bond donors (Lipinski definition) is 1. The summed E-state index contributed by atoms with van der Waals surface area (Å²) < 4.78 is 10.5. The highest BCUT2D eigenvalue weighted by Gasteiger charge is 2.23. The number of hydrogen-bond acceptors (Lipinski definition) is 5. The molecule has 152 valence electrons. The molecule has 0 saturated carbocycles. The molecule has 1 aliphatic heterocycles. The summed E-state index contributed by atoms with van der Waals surface area (Å²) in [5, 5.41) is 2.77. The molecule has 2 heterocycles. The number of rotatable bonds is 6. The van der Waals surface area contributed by atoms with Crippen LogP contribution in [0.15, 0.2) is 48.4 Å². The van der Waals surface area contributed by atoms with Gasteiger partial charge in [-0.15, -0.1) is 0 Å². The summed E-state index contributed by atoms with van der Waals surface area (Å²) in [5.74, 6) is 0.383. The molecule has 1 N–H and O–H groups in total. The number of likely N-dealkylation sites (tertiary alicyclic amines) is 1. The van der Waals surface area contributed by atoms with E-state index in [1.54, 1.807) is 47.6 Å². The minimum atomic E-state index is -0.397. The van der Waals surface area contributed by atoms with E-state index >= 15 is 0 Å². The van der Waals surface area contributed by atoms with Gasteiger partial charge in [-0.2, -0.15) is 0 Å². The average Bonchev–Trinajstić information content (AvgIpc) is 2.78. The van der Waals surface area contributed by atoms with Crippen molar-refractivity contribution in [1.29, 1.82) is 0 Å². The quantitative estimate of drug-likeness (QED) is 0.761. The molecule has 3 rings (SSSR count). The first-order valence-electron chi connectivity index (χ1n) is 9.56. The molecular weight excluding hydrogens is 370 g/mol. The van der Waals surface area contributed by atoms with Crippen LogP contribution in [0.25, 0.3) is 6.08 Å². The highest BCUT2D eigenvalue weighted by molar-refractivity contribution is 6.05. The molecule has 2 amide bonds. The van der Waals surface area contributed by atoms with Crippen molar-refractivity contribution in [2.45, 2.75) is 19.3 Å². The maximum atomic E-state index is 13.1. The third kappa shape index (κ3) is 5.13. The van der Waals surface area contributed by atoms with Crippen LogP contribution in [-0.2, 0) is 4.79 Å². The monoisotopic (exact) mass is 395 g/mol. The van der Waals surface area contributed by atoms with E-state index in [0.717, 1.165) is 24.8 Å². The molecule has 1 saturated heterocycles. The molecule has 1 fully saturated rings. The molecule has 0 atom stereocenters.